The van der Waals surface area contributed by atoms with Crippen LogP contribution in [0, 0.1) is 0 Å². The van der Waals surface area contributed by atoms with Gasteiger partial charge >= 0.3 is 6.18 Å². The standard InChI is InChI=1S/C19H20F3NO3/c1-25-16-8-9-17(26-2)14(11-16)5-10-18(24)23-12-13-3-6-15(7-4-13)19(20,21)22/h3-4,6-9,11H,5,10,12H2,1-2H3,(H,23,24). The Morgan fingerprint density at radius 1 is 1.04 bits per heavy atom. The number of amides is 1. The van der Waals surface area contributed by atoms with Crippen molar-refractivity contribution in [3.63, 3.8) is 0 Å². The SMILES string of the molecule is COc1ccc(OC)c(CCC(=O)NCc2ccc(C(F)(F)F)cc2)c1. The molecule has 0 aliphatic heterocycles. The zero-order chi connectivity index (χ0) is 19.2. The fraction of sp³-hybridized carbons (Fsp3) is 0.316. The van der Waals surface area contributed by atoms with Crippen LogP contribution in [-0.4, -0.2) is 20.1 Å². The van der Waals surface area contributed by atoms with Crippen molar-refractivity contribution >= 4 is 5.91 Å². The summed E-state index contributed by atoms with van der Waals surface area (Å²) in [5.74, 6) is 1.14. The number of hydrogen-bond acceptors (Lipinski definition) is 3. The van der Waals surface area contributed by atoms with Gasteiger partial charge in [0.15, 0.2) is 0 Å². The van der Waals surface area contributed by atoms with Crippen molar-refractivity contribution in [2.24, 2.45) is 0 Å². The number of methoxy groups -OCH3 is 2. The normalized spacial score (nSPS) is 11.1. The van der Waals surface area contributed by atoms with Crippen LogP contribution in [0.2, 0.25) is 0 Å². The van der Waals surface area contributed by atoms with Gasteiger partial charge in [-0.15, -0.1) is 0 Å². The molecule has 140 valence electrons. The minimum Gasteiger partial charge on any atom is -0.497 e. The van der Waals surface area contributed by atoms with Crippen LogP contribution < -0.4 is 14.8 Å². The summed E-state index contributed by atoms with van der Waals surface area (Å²) in [5.41, 5.74) is 0.736. The van der Waals surface area contributed by atoms with E-state index in [0.717, 1.165) is 17.7 Å². The molecule has 2 aromatic carbocycles. The number of benzene rings is 2. The van der Waals surface area contributed by atoms with E-state index in [1.165, 1.54) is 12.1 Å². The number of halogens is 3. The third-order valence-electron chi connectivity index (χ3n) is 3.88. The van der Waals surface area contributed by atoms with Crippen LogP contribution >= 0.6 is 0 Å². The average Bonchev–Trinajstić information content (AvgIpc) is 2.64. The lowest BCUT2D eigenvalue weighted by molar-refractivity contribution is -0.137. The van der Waals surface area contributed by atoms with E-state index in [9.17, 15) is 18.0 Å². The van der Waals surface area contributed by atoms with Gasteiger partial charge in [0.2, 0.25) is 5.91 Å². The van der Waals surface area contributed by atoms with Crippen LogP contribution in [0.5, 0.6) is 11.5 Å². The van der Waals surface area contributed by atoms with Gasteiger partial charge in [0, 0.05) is 13.0 Å². The van der Waals surface area contributed by atoms with E-state index in [1.54, 1.807) is 26.4 Å². The Morgan fingerprint density at radius 2 is 1.73 bits per heavy atom. The molecule has 4 nitrogen and oxygen atoms in total. The Balaban J connectivity index is 1.88. The first-order valence-corrected chi connectivity index (χ1v) is 7.97. The van der Waals surface area contributed by atoms with Crippen molar-refractivity contribution in [2.75, 3.05) is 14.2 Å². The molecule has 0 atom stereocenters. The molecule has 0 aromatic heterocycles. The van der Waals surface area contributed by atoms with Crippen LogP contribution in [-0.2, 0) is 23.9 Å². The van der Waals surface area contributed by atoms with Crippen LogP contribution in [0.4, 0.5) is 13.2 Å². The van der Waals surface area contributed by atoms with E-state index in [0.29, 0.717) is 23.5 Å². The Kier molecular flexibility index (Phi) is 6.49. The molecule has 0 heterocycles. The van der Waals surface area contributed by atoms with Crippen molar-refractivity contribution in [1.29, 1.82) is 0 Å². The number of alkyl halides is 3. The fourth-order valence-electron chi connectivity index (χ4n) is 2.43. The summed E-state index contributed by atoms with van der Waals surface area (Å²) in [6.07, 6.45) is -3.68. The highest BCUT2D eigenvalue weighted by Crippen LogP contribution is 2.29. The van der Waals surface area contributed by atoms with E-state index < -0.39 is 11.7 Å². The molecule has 1 N–H and O–H groups in total. The minimum absolute atomic E-state index is 0.173. The Labute approximate surface area is 149 Å². The molecule has 7 heteroatoms. The van der Waals surface area contributed by atoms with Gasteiger partial charge < -0.3 is 14.8 Å². The molecule has 0 radical (unpaired) electrons. The third kappa shape index (κ3) is 5.40. The number of hydrogen-bond donors (Lipinski definition) is 1. The molecule has 0 aliphatic carbocycles. The zero-order valence-corrected chi connectivity index (χ0v) is 14.5. The topological polar surface area (TPSA) is 47.6 Å². The van der Waals surface area contributed by atoms with Crippen molar-refractivity contribution < 1.29 is 27.4 Å². The van der Waals surface area contributed by atoms with Crippen molar-refractivity contribution in [2.45, 2.75) is 25.6 Å². The molecule has 0 aliphatic rings. The lowest BCUT2D eigenvalue weighted by atomic mass is 10.1. The molecule has 2 rings (SSSR count). The second-order valence-electron chi connectivity index (χ2n) is 5.65. The minimum atomic E-state index is -4.36. The van der Waals surface area contributed by atoms with E-state index in [-0.39, 0.29) is 18.9 Å². The quantitative estimate of drug-likeness (QED) is 0.806. The fourth-order valence-corrected chi connectivity index (χ4v) is 2.43. The Morgan fingerprint density at radius 3 is 2.31 bits per heavy atom. The molecule has 0 spiro atoms. The first kappa shape index (κ1) is 19.6. The summed E-state index contributed by atoms with van der Waals surface area (Å²) in [6, 6.07) is 10.1. The van der Waals surface area contributed by atoms with E-state index in [4.69, 9.17) is 9.47 Å². The van der Waals surface area contributed by atoms with Gasteiger partial charge in [-0.2, -0.15) is 13.2 Å². The molecule has 0 fully saturated rings. The van der Waals surface area contributed by atoms with Gasteiger partial charge in [-0.3, -0.25) is 4.79 Å². The van der Waals surface area contributed by atoms with E-state index in [1.807, 2.05) is 6.07 Å². The lowest BCUT2D eigenvalue weighted by Crippen LogP contribution is -2.23. The summed E-state index contributed by atoms with van der Waals surface area (Å²) in [6.45, 7) is 0.173. The number of carbonyl (C=O) groups excluding carboxylic acids is 1. The highest BCUT2D eigenvalue weighted by Gasteiger charge is 2.29. The maximum absolute atomic E-state index is 12.5. The highest BCUT2D eigenvalue weighted by molar-refractivity contribution is 5.76. The molecule has 1 amide bonds. The Bertz CT molecular complexity index is 743. The molecule has 0 unspecified atom stereocenters. The summed E-state index contributed by atoms with van der Waals surface area (Å²) in [5, 5.41) is 2.70. The van der Waals surface area contributed by atoms with Crippen molar-refractivity contribution in [3.05, 3.63) is 59.2 Å². The average molecular weight is 367 g/mol. The largest absolute Gasteiger partial charge is 0.497 e. The van der Waals surface area contributed by atoms with Crippen LogP contribution in [0.15, 0.2) is 42.5 Å². The number of carbonyl (C=O) groups is 1. The lowest BCUT2D eigenvalue weighted by Gasteiger charge is -2.11. The van der Waals surface area contributed by atoms with Crippen molar-refractivity contribution in [3.8, 4) is 11.5 Å². The molecular formula is C19H20F3NO3. The summed E-state index contributed by atoms with van der Waals surface area (Å²) in [7, 11) is 3.11. The second-order valence-corrected chi connectivity index (χ2v) is 5.65. The number of rotatable bonds is 7. The summed E-state index contributed by atoms with van der Waals surface area (Å²) in [4.78, 5) is 12.0. The number of ether oxygens (including phenoxy) is 2. The predicted octanol–water partition coefficient (Wildman–Crippen LogP) is 3.97. The highest BCUT2D eigenvalue weighted by atomic mass is 19.4. The third-order valence-corrected chi connectivity index (χ3v) is 3.88. The van der Waals surface area contributed by atoms with Gasteiger partial charge in [0.05, 0.1) is 19.8 Å². The first-order valence-electron chi connectivity index (χ1n) is 7.97. The molecule has 2 aromatic rings. The molecule has 26 heavy (non-hydrogen) atoms. The van der Waals surface area contributed by atoms with Gasteiger partial charge in [-0.25, -0.2) is 0 Å². The van der Waals surface area contributed by atoms with Gasteiger partial charge in [0.25, 0.3) is 0 Å². The van der Waals surface area contributed by atoms with E-state index in [2.05, 4.69) is 5.32 Å². The summed E-state index contributed by atoms with van der Waals surface area (Å²) < 4.78 is 48.0. The van der Waals surface area contributed by atoms with Crippen LogP contribution in [0.1, 0.15) is 23.1 Å². The second kappa shape index (κ2) is 8.60. The van der Waals surface area contributed by atoms with Crippen LogP contribution in [0.3, 0.4) is 0 Å². The Hall–Kier alpha value is -2.70. The first-order chi connectivity index (χ1) is 12.3. The van der Waals surface area contributed by atoms with E-state index >= 15 is 0 Å². The maximum atomic E-state index is 12.5. The number of aryl methyl sites for hydroxylation is 1. The zero-order valence-electron chi connectivity index (χ0n) is 14.5. The molecular weight excluding hydrogens is 347 g/mol. The van der Waals surface area contributed by atoms with Crippen molar-refractivity contribution in [1.82, 2.24) is 5.32 Å². The molecule has 0 saturated carbocycles. The van der Waals surface area contributed by atoms with Gasteiger partial charge in [0.1, 0.15) is 11.5 Å². The summed E-state index contributed by atoms with van der Waals surface area (Å²) >= 11 is 0. The number of nitrogens with one attached hydrogen (secondary N) is 1. The smallest absolute Gasteiger partial charge is 0.416 e. The van der Waals surface area contributed by atoms with Gasteiger partial charge in [-0.05, 0) is 47.9 Å². The van der Waals surface area contributed by atoms with Gasteiger partial charge in [-0.1, -0.05) is 12.1 Å². The van der Waals surface area contributed by atoms with Crippen LogP contribution in [0.25, 0.3) is 0 Å². The maximum Gasteiger partial charge on any atom is 0.416 e. The molecule has 0 saturated heterocycles. The predicted molar refractivity (Wildman–Crippen MR) is 91.2 cm³/mol. The molecule has 0 bridgehead atoms. The monoisotopic (exact) mass is 367 g/mol.